The average molecular weight is 403 g/mol. The van der Waals surface area contributed by atoms with E-state index in [0.717, 1.165) is 31.3 Å². The van der Waals surface area contributed by atoms with Gasteiger partial charge in [0.25, 0.3) is 0 Å². The van der Waals surface area contributed by atoms with E-state index in [9.17, 15) is 0 Å². The van der Waals surface area contributed by atoms with Crippen molar-refractivity contribution in [1.29, 1.82) is 0 Å². The van der Waals surface area contributed by atoms with Crippen molar-refractivity contribution >= 4 is 49.0 Å². The van der Waals surface area contributed by atoms with Gasteiger partial charge >= 0.3 is 0 Å². The van der Waals surface area contributed by atoms with Crippen LogP contribution in [-0.2, 0) is 0 Å². The number of hydrogen-bond donors (Lipinski definition) is 1. The minimum Gasteiger partial charge on any atom is -0.370 e. The lowest BCUT2D eigenvalue weighted by Crippen LogP contribution is -2.03. The van der Waals surface area contributed by atoms with Gasteiger partial charge in [0.1, 0.15) is 5.82 Å². The first-order valence-corrected chi connectivity index (χ1v) is 8.65. The molecule has 0 bridgehead atoms. The van der Waals surface area contributed by atoms with Crippen LogP contribution in [-0.4, -0.2) is 16.5 Å². The molecular weight excluding hydrogens is 390 g/mol. The minimum absolute atomic E-state index is 0.631. The van der Waals surface area contributed by atoms with Crippen LogP contribution < -0.4 is 5.32 Å². The Bertz CT molecular complexity index is 588. The van der Waals surface area contributed by atoms with Crippen LogP contribution in [0.15, 0.2) is 20.4 Å². The van der Waals surface area contributed by atoms with Crippen LogP contribution >= 0.6 is 43.2 Å². The van der Waals surface area contributed by atoms with Crippen LogP contribution in [0.25, 0.3) is 10.7 Å². The molecule has 100 valence electrons. The van der Waals surface area contributed by atoms with Gasteiger partial charge in [0.15, 0.2) is 5.82 Å². The van der Waals surface area contributed by atoms with Crippen LogP contribution in [0.1, 0.15) is 31.4 Å². The summed E-state index contributed by atoms with van der Waals surface area (Å²) in [6.45, 7) is 2.95. The molecule has 1 aliphatic rings. The summed E-state index contributed by atoms with van der Waals surface area (Å²) in [5.41, 5.74) is 1.17. The minimum atomic E-state index is 0.631. The molecule has 3 rings (SSSR count). The highest BCUT2D eigenvalue weighted by Crippen LogP contribution is 2.42. The van der Waals surface area contributed by atoms with Gasteiger partial charge in [-0.2, -0.15) is 0 Å². The number of anilines is 1. The molecule has 1 aliphatic carbocycles. The second-order valence-electron chi connectivity index (χ2n) is 4.54. The number of nitrogens with one attached hydrogen (secondary N) is 1. The Morgan fingerprint density at radius 2 is 2.11 bits per heavy atom. The molecule has 0 aliphatic heterocycles. The molecule has 0 radical (unpaired) electrons. The summed E-state index contributed by atoms with van der Waals surface area (Å²) < 4.78 is 2.13. The Hall–Kier alpha value is -0.460. The van der Waals surface area contributed by atoms with Crippen molar-refractivity contribution in [3.05, 3.63) is 26.1 Å². The quantitative estimate of drug-likeness (QED) is 0.778. The first-order valence-electron chi connectivity index (χ1n) is 6.25. The van der Waals surface area contributed by atoms with Gasteiger partial charge in [-0.3, -0.25) is 0 Å². The number of rotatable bonds is 4. The van der Waals surface area contributed by atoms with E-state index in [-0.39, 0.29) is 0 Å². The Morgan fingerprint density at radius 1 is 1.32 bits per heavy atom. The molecule has 0 atom stereocenters. The van der Waals surface area contributed by atoms with E-state index in [1.54, 1.807) is 11.3 Å². The van der Waals surface area contributed by atoms with Crippen molar-refractivity contribution in [1.82, 2.24) is 9.97 Å². The SMILES string of the molecule is CCNc1cc(C2CC2)nc(-c2cc(Br)c(Br)s2)n1. The predicted molar refractivity (Wildman–Crippen MR) is 86.9 cm³/mol. The summed E-state index contributed by atoms with van der Waals surface area (Å²) in [6, 6.07) is 4.15. The third-order valence-corrected chi connectivity index (χ3v) is 6.22. The number of thiophene rings is 1. The molecule has 19 heavy (non-hydrogen) atoms. The average Bonchev–Trinajstić information content (AvgIpc) is 3.17. The summed E-state index contributed by atoms with van der Waals surface area (Å²) >= 11 is 8.69. The maximum Gasteiger partial charge on any atom is 0.171 e. The number of nitrogens with zero attached hydrogens (tertiary/aromatic N) is 2. The fourth-order valence-electron chi connectivity index (χ4n) is 1.89. The summed E-state index contributed by atoms with van der Waals surface area (Å²) in [5.74, 6) is 2.37. The smallest absolute Gasteiger partial charge is 0.171 e. The molecule has 0 unspecified atom stereocenters. The van der Waals surface area contributed by atoms with Gasteiger partial charge in [-0.25, -0.2) is 9.97 Å². The van der Waals surface area contributed by atoms with Crippen molar-refractivity contribution < 1.29 is 0 Å². The van der Waals surface area contributed by atoms with Crippen LogP contribution in [0.5, 0.6) is 0 Å². The van der Waals surface area contributed by atoms with E-state index in [4.69, 9.17) is 4.98 Å². The number of aromatic nitrogens is 2. The molecule has 0 saturated heterocycles. The lowest BCUT2D eigenvalue weighted by Gasteiger charge is -2.07. The van der Waals surface area contributed by atoms with Gasteiger partial charge in [0.2, 0.25) is 0 Å². The van der Waals surface area contributed by atoms with Crippen molar-refractivity contribution in [3.63, 3.8) is 0 Å². The van der Waals surface area contributed by atoms with Gasteiger partial charge in [-0.15, -0.1) is 11.3 Å². The van der Waals surface area contributed by atoms with E-state index < -0.39 is 0 Å². The van der Waals surface area contributed by atoms with Crippen molar-refractivity contribution in [2.75, 3.05) is 11.9 Å². The molecule has 3 nitrogen and oxygen atoms in total. The largest absolute Gasteiger partial charge is 0.370 e. The maximum absolute atomic E-state index is 4.72. The Balaban J connectivity index is 2.03. The molecule has 2 aromatic heterocycles. The highest BCUT2D eigenvalue weighted by atomic mass is 79.9. The van der Waals surface area contributed by atoms with E-state index in [2.05, 4.69) is 61.2 Å². The second-order valence-corrected chi connectivity index (χ2v) is 7.76. The molecule has 2 heterocycles. The van der Waals surface area contributed by atoms with Gasteiger partial charge in [-0.05, 0) is 57.7 Å². The zero-order valence-electron chi connectivity index (χ0n) is 10.4. The summed E-state index contributed by atoms with van der Waals surface area (Å²) in [4.78, 5) is 10.4. The predicted octanol–water partition coefficient (Wildman–Crippen LogP) is 5.04. The molecule has 1 fully saturated rings. The van der Waals surface area contributed by atoms with Crippen molar-refractivity contribution in [2.24, 2.45) is 0 Å². The van der Waals surface area contributed by atoms with Crippen LogP contribution in [0.4, 0.5) is 5.82 Å². The Morgan fingerprint density at radius 3 is 2.68 bits per heavy atom. The monoisotopic (exact) mass is 401 g/mol. The fourth-order valence-corrected chi connectivity index (χ4v) is 3.86. The molecule has 0 aromatic carbocycles. The van der Waals surface area contributed by atoms with Crippen LogP contribution in [0.3, 0.4) is 0 Å². The molecule has 0 spiro atoms. The first-order chi connectivity index (χ1) is 9.17. The molecular formula is C13H13Br2N3S. The van der Waals surface area contributed by atoms with Crippen molar-refractivity contribution in [2.45, 2.75) is 25.7 Å². The van der Waals surface area contributed by atoms with Crippen LogP contribution in [0, 0.1) is 0 Å². The third kappa shape index (κ3) is 3.01. The van der Waals surface area contributed by atoms with Gasteiger partial charge in [-0.1, -0.05) is 0 Å². The summed E-state index contributed by atoms with van der Waals surface area (Å²) in [6.07, 6.45) is 2.50. The highest BCUT2D eigenvalue weighted by Gasteiger charge is 2.26. The van der Waals surface area contributed by atoms with E-state index >= 15 is 0 Å². The zero-order valence-corrected chi connectivity index (χ0v) is 14.4. The molecule has 2 aromatic rings. The highest BCUT2D eigenvalue weighted by molar-refractivity contribution is 9.13. The normalized spacial score (nSPS) is 14.7. The Labute approximate surface area is 133 Å². The Kier molecular flexibility index (Phi) is 3.91. The third-order valence-electron chi connectivity index (χ3n) is 2.97. The molecule has 1 N–H and O–H groups in total. The van der Waals surface area contributed by atoms with Crippen LogP contribution in [0.2, 0.25) is 0 Å². The van der Waals surface area contributed by atoms with Gasteiger partial charge < -0.3 is 5.32 Å². The summed E-state index contributed by atoms with van der Waals surface area (Å²) in [5, 5.41) is 3.29. The zero-order chi connectivity index (χ0) is 13.4. The standard InChI is InChI=1S/C13H13Br2N3S/c1-2-16-11-6-9(7-3-4-7)17-13(18-11)10-5-8(14)12(15)19-10/h5-7H,2-4H2,1H3,(H,16,17,18). The number of halogens is 2. The molecule has 1 saturated carbocycles. The second kappa shape index (κ2) is 5.50. The summed E-state index contributed by atoms with van der Waals surface area (Å²) in [7, 11) is 0. The van der Waals surface area contributed by atoms with E-state index in [1.807, 2.05) is 0 Å². The lowest BCUT2D eigenvalue weighted by atomic mass is 10.2. The van der Waals surface area contributed by atoms with Gasteiger partial charge in [0.05, 0.1) is 8.66 Å². The molecule has 0 amide bonds. The lowest BCUT2D eigenvalue weighted by molar-refractivity contribution is 0.990. The maximum atomic E-state index is 4.72. The molecule has 6 heteroatoms. The number of hydrogen-bond acceptors (Lipinski definition) is 4. The van der Waals surface area contributed by atoms with Crippen molar-refractivity contribution in [3.8, 4) is 10.7 Å². The first kappa shape index (κ1) is 13.5. The van der Waals surface area contributed by atoms with Gasteiger partial charge in [0, 0.05) is 28.7 Å². The van der Waals surface area contributed by atoms with E-state index in [1.165, 1.54) is 18.5 Å². The topological polar surface area (TPSA) is 37.8 Å². The van der Waals surface area contributed by atoms with E-state index in [0.29, 0.717) is 5.92 Å². The fraction of sp³-hybridized carbons (Fsp3) is 0.385.